The summed E-state index contributed by atoms with van der Waals surface area (Å²) in [5.74, 6) is -1.89. The summed E-state index contributed by atoms with van der Waals surface area (Å²) < 4.78 is 37.8. The van der Waals surface area contributed by atoms with Gasteiger partial charge in [0.15, 0.2) is 0 Å². The second kappa shape index (κ2) is 4.17. The number of benzene rings is 1. The van der Waals surface area contributed by atoms with Crippen LogP contribution >= 0.6 is 0 Å². The fraction of sp³-hybridized carbons (Fsp3) is 0.0909. The third-order valence-electron chi connectivity index (χ3n) is 2.27. The molecule has 0 saturated carbocycles. The van der Waals surface area contributed by atoms with Crippen LogP contribution in [-0.4, -0.2) is 21.7 Å². The van der Waals surface area contributed by atoms with E-state index in [-0.39, 0.29) is 5.56 Å². The summed E-state index contributed by atoms with van der Waals surface area (Å²) in [5.41, 5.74) is -0.318. The molecule has 0 bridgehead atoms. The SMILES string of the molecule is O=C(c1ccc(-n2ccc(=O)[nH]2)cc1)C(F)(F)F. The zero-order chi connectivity index (χ0) is 13.3. The number of nitrogens with zero attached hydrogens (tertiary/aromatic N) is 1. The third-order valence-corrected chi connectivity index (χ3v) is 2.27. The van der Waals surface area contributed by atoms with E-state index < -0.39 is 17.5 Å². The van der Waals surface area contributed by atoms with Crippen molar-refractivity contribution in [2.75, 3.05) is 0 Å². The number of aromatic amines is 1. The van der Waals surface area contributed by atoms with E-state index >= 15 is 0 Å². The summed E-state index contributed by atoms with van der Waals surface area (Å²) >= 11 is 0. The highest BCUT2D eigenvalue weighted by molar-refractivity contribution is 6.00. The Morgan fingerprint density at radius 1 is 1.11 bits per heavy atom. The number of alkyl halides is 3. The molecule has 7 heteroatoms. The maximum atomic E-state index is 12.2. The Labute approximate surface area is 98.6 Å². The third kappa shape index (κ3) is 2.34. The topological polar surface area (TPSA) is 54.9 Å². The first-order valence-electron chi connectivity index (χ1n) is 4.87. The van der Waals surface area contributed by atoms with E-state index in [1.807, 2.05) is 0 Å². The normalized spacial score (nSPS) is 11.5. The van der Waals surface area contributed by atoms with E-state index in [1.54, 1.807) is 0 Å². The van der Waals surface area contributed by atoms with Gasteiger partial charge in [-0.3, -0.25) is 19.4 Å². The van der Waals surface area contributed by atoms with Gasteiger partial charge in [-0.1, -0.05) is 0 Å². The highest BCUT2D eigenvalue weighted by Crippen LogP contribution is 2.21. The van der Waals surface area contributed by atoms with Crippen molar-refractivity contribution in [3.8, 4) is 5.69 Å². The number of rotatable bonds is 2. The molecule has 1 heterocycles. The smallest absolute Gasteiger partial charge is 0.284 e. The van der Waals surface area contributed by atoms with Gasteiger partial charge in [-0.15, -0.1) is 0 Å². The van der Waals surface area contributed by atoms with E-state index in [4.69, 9.17) is 0 Å². The van der Waals surface area contributed by atoms with Crippen LogP contribution in [0, 0.1) is 0 Å². The first-order valence-corrected chi connectivity index (χ1v) is 4.87. The largest absolute Gasteiger partial charge is 0.454 e. The predicted molar refractivity (Wildman–Crippen MR) is 56.8 cm³/mol. The number of carbonyl (C=O) groups is 1. The molecule has 0 aliphatic rings. The molecule has 1 N–H and O–H groups in total. The number of Topliss-reactive ketones (excluding diaryl/α,β-unsaturated/α-hetero) is 1. The molecule has 2 rings (SSSR count). The number of H-pyrrole nitrogens is 1. The number of carbonyl (C=O) groups excluding carboxylic acids is 1. The van der Waals surface area contributed by atoms with Gasteiger partial charge in [0.05, 0.1) is 5.69 Å². The van der Waals surface area contributed by atoms with Crippen molar-refractivity contribution >= 4 is 5.78 Å². The molecule has 0 unspecified atom stereocenters. The van der Waals surface area contributed by atoms with Crippen molar-refractivity contribution < 1.29 is 18.0 Å². The Bertz CT molecular complexity index is 623. The number of nitrogens with one attached hydrogen (secondary N) is 1. The zero-order valence-corrected chi connectivity index (χ0v) is 8.86. The fourth-order valence-corrected chi connectivity index (χ4v) is 1.42. The number of ketones is 1. The van der Waals surface area contributed by atoms with Gasteiger partial charge in [-0.05, 0) is 24.3 Å². The van der Waals surface area contributed by atoms with Crippen molar-refractivity contribution in [2.45, 2.75) is 6.18 Å². The Morgan fingerprint density at radius 2 is 1.72 bits per heavy atom. The second-order valence-corrected chi connectivity index (χ2v) is 3.54. The lowest BCUT2D eigenvalue weighted by Gasteiger charge is -2.06. The minimum Gasteiger partial charge on any atom is -0.284 e. The predicted octanol–water partition coefficient (Wildman–Crippen LogP) is 1.91. The Hall–Kier alpha value is -2.31. The molecule has 0 aliphatic heterocycles. The molecule has 0 radical (unpaired) electrons. The van der Waals surface area contributed by atoms with Crippen molar-refractivity contribution in [3.63, 3.8) is 0 Å². The van der Waals surface area contributed by atoms with Crippen LogP contribution < -0.4 is 5.56 Å². The standard InChI is InChI=1S/C11H7F3N2O2/c12-11(13,14)10(18)7-1-3-8(4-2-7)16-6-5-9(17)15-16/h1-6H,(H,15,17). The molecule has 18 heavy (non-hydrogen) atoms. The van der Waals surface area contributed by atoms with Gasteiger partial charge in [0.25, 0.3) is 11.3 Å². The Balaban J connectivity index is 2.31. The number of aromatic nitrogens is 2. The lowest BCUT2D eigenvalue weighted by Crippen LogP contribution is -2.22. The number of hydrogen-bond donors (Lipinski definition) is 1. The molecule has 0 spiro atoms. The number of halogens is 3. The van der Waals surface area contributed by atoms with Gasteiger partial charge >= 0.3 is 6.18 Å². The molecule has 1 aromatic heterocycles. The molecular weight excluding hydrogens is 249 g/mol. The van der Waals surface area contributed by atoms with Crippen molar-refractivity contribution in [3.05, 3.63) is 52.4 Å². The minimum absolute atomic E-state index is 0.328. The average molecular weight is 256 g/mol. The maximum absolute atomic E-state index is 12.2. The monoisotopic (exact) mass is 256 g/mol. The lowest BCUT2D eigenvalue weighted by atomic mass is 10.1. The van der Waals surface area contributed by atoms with Gasteiger partial charge in [-0.2, -0.15) is 13.2 Å². The van der Waals surface area contributed by atoms with E-state index in [0.717, 1.165) is 12.1 Å². The summed E-state index contributed by atoms with van der Waals surface area (Å²) in [6, 6.07) is 6.02. The molecule has 0 amide bonds. The number of hydrogen-bond acceptors (Lipinski definition) is 2. The molecular formula is C11H7F3N2O2. The molecule has 0 saturated heterocycles. The molecule has 0 fully saturated rings. The summed E-state index contributed by atoms with van der Waals surface area (Å²) in [6.07, 6.45) is -3.45. The van der Waals surface area contributed by atoms with Crippen molar-refractivity contribution in [2.24, 2.45) is 0 Å². The van der Waals surface area contributed by atoms with Gasteiger partial charge < -0.3 is 0 Å². The molecule has 94 valence electrons. The fourth-order valence-electron chi connectivity index (χ4n) is 1.42. The summed E-state index contributed by atoms with van der Waals surface area (Å²) in [7, 11) is 0. The quantitative estimate of drug-likeness (QED) is 0.834. The molecule has 4 nitrogen and oxygen atoms in total. The van der Waals surface area contributed by atoms with Crippen LogP contribution in [-0.2, 0) is 0 Å². The first-order chi connectivity index (χ1) is 8.38. The van der Waals surface area contributed by atoms with Crippen LogP contribution in [0.3, 0.4) is 0 Å². The van der Waals surface area contributed by atoms with Crippen LogP contribution in [0.15, 0.2) is 41.3 Å². The molecule has 2 aromatic rings. The Morgan fingerprint density at radius 3 is 2.17 bits per heavy atom. The van der Waals surface area contributed by atoms with Crippen LogP contribution in [0.5, 0.6) is 0 Å². The molecule has 0 aliphatic carbocycles. The van der Waals surface area contributed by atoms with Crippen LogP contribution in [0.1, 0.15) is 10.4 Å². The average Bonchev–Trinajstić information content (AvgIpc) is 2.74. The van der Waals surface area contributed by atoms with E-state index in [2.05, 4.69) is 5.10 Å². The zero-order valence-electron chi connectivity index (χ0n) is 8.86. The summed E-state index contributed by atoms with van der Waals surface area (Å²) in [4.78, 5) is 21.8. The van der Waals surface area contributed by atoms with Crippen molar-refractivity contribution in [1.29, 1.82) is 0 Å². The maximum Gasteiger partial charge on any atom is 0.454 e. The van der Waals surface area contributed by atoms with Gasteiger partial charge in [-0.25, -0.2) is 0 Å². The van der Waals surface area contributed by atoms with Gasteiger partial charge in [0, 0.05) is 17.8 Å². The van der Waals surface area contributed by atoms with Gasteiger partial charge in [0.2, 0.25) is 0 Å². The summed E-state index contributed by atoms with van der Waals surface area (Å²) in [5, 5.41) is 2.43. The second-order valence-electron chi connectivity index (χ2n) is 3.54. The first kappa shape index (κ1) is 12.2. The van der Waals surface area contributed by atoms with Crippen LogP contribution in [0.2, 0.25) is 0 Å². The Kier molecular flexibility index (Phi) is 2.82. The minimum atomic E-state index is -4.89. The highest BCUT2D eigenvalue weighted by atomic mass is 19.4. The molecule has 1 aromatic carbocycles. The van der Waals surface area contributed by atoms with E-state index in [1.165, 1.54) is 29.1 Å². The van der Waals surface area contributed by atoms with E-state index in [9.17, 15) is 22.8 Å². The van der Waals surface area contributed by atoms with Crippen molar-refractivity contribution in [1.82, 2.24) is 9.78 Å². The highest BCUT2D eigenvalue weighted by Gasteiger charge is 2.39. The van der Waals surface area contributed by atoms with Crippen LogP contribution in [0.4, 0.5) is 13.2 Å². The van der Waals surface area contributed by atoms with Gasteiger partial charge in [0.1, 0.15) is 0 Å². The van der Waals surface area contributed by atoms with E-state index in [0.29, 0.717) is 5.69 Å². The molecule has 0 atom stereocenters. The van der Waals surface area contributed by atoms with Crippen LogP contribution in [0.25, 0.3) is 5.69 Å². The summed E-state index contributed by atoms with van der Waals surface area (Å²) in [6.45, 7) is 0. The lowest BCUT2D eigenvalue weighted by molar-refractivity contribution is -0.0885.